The Kier molecular flexibility index (Phi) is 4.40. The summed E-state index contributed by atoms with van der Waals surface area (Å²) in [5.41, 5.74) is 4.27. The van der Waals surface area contributed by atoms with Gasteiger partial charge in [0.25, 0.3) is 5.91 Å². The molecule has 2 aliphatic rings. The molecule has 0 unspecified atom stereocenters. The highest BCUT2D eigenvalue weighted by molar-refractivity contribution is 6.02. The fourth-order valence-corrected chi connectivity index (χ4v) is 3.74. The molecule has 1 aromatic heterocycles. The van der Waals surface area contributed by atoms with Gasteiger partial charge in [-0.15, -0.1) is 5.10 Å². The third-order valence-electron chi connectivity index (χ3n) is 5.27. The Balaban J connectivity index is 1.25. The predicted octanol–water partition coefficient (Wildman–Crippen LogP) is 2.48. The zero-order chi connectivity index (χ0) is 19.8. The Labute approximate surface area is 167 Å². The van der Waals surface area contributed by atoms with Crippen molar-refractivity contribution < 1.29 is 19.4 Å². The van der Waals surface area contributed by atoms with Crippen molar-refractivity contribution in [2.45, 2.75) is 31.9 Å². The minimum absolute atomic E-state index is 0.165. The first-order chi connectivity index (χ1) is 14.2. The normalized spacial score (nSPS) is 15.2. The number of anilines is 1. The summed E-state index contributed by atoms with van der Waals surface area (Å²) in [6.07, 6.45) is 4.01. The molecular formula is C21H20N4O4. The lowest BCUT2D eigenvalue weighted by atomic mass is 10.1. The number of amides is 1. The summed E-state index contributed by atoms with van der Waals surface area (Å²) in [5, 5.41) is 21.3. The second kappa shape index (κ2) is 7.21. The van der Waals surface area contributed by atoms with E-state index >= 15 is 0 Å². The molecular weight excluding hydrogens is 372 g/mol. The number of benzene rings is 2. The summed E-state index contributed by atoms with van der Waals surface area (Å²) in [6, 6.07) is 11.3. The zero-order valence-corrected chi connectivity index (χ0v) is 15.7. The third-order valence-corrected chi connectivity index (χ3v) is 5.27. The molecule has 2 heterocycles. The molecule has 1 aliphatic carbocycles. The molecule has 5 rings (SSSR count). The number of carbonyl (C=O) groups excluding carboxylic acids is 1. The van der Waals surface area contributed by atoms with Crippen molar-refractivity contribution in [3.63, 3.8) is 0 Å². The van der Waals surface area contributed by atoms with Gasteiger partial charge in [0.05, 0.1) is 18.8 Å². The molecule has 8 heteroatoms. The summed E-state index contributed by atoms with van der Waals surface area (Å²) in [4.78, 5) is 12.5. The summed E-state index contributed by atoms with van der Waals surface area (Å²) in [5.74, 6) is 0.938. The highest BCUT2D eigenvalue weighted by atomic mass is 16.7. The average Bonchev–Trinajstić information content (AvgIpc) is 3.47. The van der Waals surface area contributed by atoms with Crippen molar-refractivity contribution >= 4 is 11.6 Å². The molecule has 3 aromatic rings. The van der Waals surface area contributed by atoms with Crippen LogP contribution in [0.3, 0.4) is 0 Å². The van der Waals surface area contributed by atoms with E-state index in [1.807, 2.05) is 12.1 Å². The fourth-order valence-electron chi connectivity index (χ4n) is 3.74. The summed E-state index contributed by atoms with van der Waals surface area (Å²) >= 11 is 0. The SMILES string of the molecule is O=C(Nc1ccc2c(c1)CCC2)c1cn(C[C@@H](O)c2ccc3c(c2)OCO3)nn1. The number of fused-ring (bicyclic) bond motifs is 2. The topological polar surface area (TPSA) is 98.5 Å². The number of aliphatic hydroxyl groups excluding tert-OH is 1. The highest BCUT2D eigenvalue weighted by Gasteiger charge is 2.19. The number of nitrogens with zero attached hydrogens (tertiary/aromatic N) is 3. The van der Waals surface area contributed by atoms with Crippen LogP contribution in [0, 0.1) is 0 Å². The second-order valence-corrected chi connectivity index (χ2v) is 7.25. The van der Waals surface area contributed by atoms with Gasteiger partial charge in [0.15, 0.2) is 17.2 Å². The van der Waals surface area contributed by atoms with E-state index in [1.54, 1.807) is 18.2 Å². The Bertz CT molecular complexity index is 1080. The van der Waals surface area contributed by atoms with Gasteiger partial charge in [0, 0.05) is 5.69 Å². The van der Waals surface area contributed by atoms with Crippen LogP contribution in [-0.2, 0) is 19.4 Å². The number of hydrogen-bond acceptors (Lipinski definition) is 6. The maximum atomic E-state index is 12.5. The number of carbonyl (C=O) groups is 1. The van der Waals surface area contributed by atoms with Crippen LogP contribution >= 0.6 is 0 Å². The van der Waals surface area contributed by atoms with Gasteiger partial charge in [-0.3, -0.25) is 4.79 Å². The number of aliphatic hydroxyl groups is 1. The first-order valence-electron chi connectivity index (χ1n) is 9.56. The fraction of sp³-hybridized carbons (Fsp3) is 0.286. The van der Waals surface area contributed by atoms with Gasteiger partial charge in [-0.05, 0) is 60.2 Å². The minimum Gasteiger partial charge on any atom is -0.454 e. The summed E-state index contributed by atoms with van der Waals surface area (Å²) < 4.78 is 12.1. The molecule has 2 N–H and O–H groups in total. The number of aryl methyl sites for hydroxylation is 2. The lowest BCUT2D eigenvalue weighted by molar-refractivity contribution is 0.102. The van der Waals surface area contributed by atoms with Crippen molar-refractivity contribution in [2.24, 2.45) is 0 Å². The molecule has 29 heavy (non-hydrogen) atoms. The molecule has 148 valence electrons. The van der Waals surface area contributed by atoms with Gasteiger partial charge < -0.3 is 19.9 Å². The first kappa shape index (κ1) is 17.7. The smallest absolute Gasteiger partial charge is 0.277 e. The number of ether oxygens (including phenoxy) is 2. The molecule has 0 radical (unpaired) electrons. The van der Waals surface area contributed by atoms with E-state index < -0.39 is 6.10 Å². The second-order valence-electron chi connectivity index (χ2n) is 7.25. The van der Waals surface area contributed by atoms with Crippen LogP contribution in [0.1, 0.15) is 39.7 Å². The predicted molar refractivity (Wildman–Crippen MR) is 104 cm³/mol. The molecule has 0 bridgehead atoms. The standard InChI is InChI=1S/C21H20N4O4/c26-18(15-5-7-19-20(9-15)29-12-28-19)11-25-10-17(23-24-25)21(27)22-16-6-4-13-2-1-3-14(13)8-16/h4-10,18,26H,1-3,11-12H2,(H,22,27)/t18-/m1/s1. The van der Waals surface area contributed by atoms with Crippen LogP contribution < -0.4 is 14.8 Å². The van der Waals surface area contributed by atoms with Crippen LogP contribution in [0.5, 0.6) is 11.5 Å². The molecule has 1 aliphatic heterocycles. The monoisotopic (exact) mass is 392 g/mol. The Morgan fingerprint density at radius 3 is 2.93 bits per heavy atom. The number of nitrogens with one attached hydrogen (secondary N) is 1. The van der Waals surface area contributed by atoms with E-state index in [1.165, 1.54) is 22.0 Å². The van der Waals surface area contributed by atoms with E-state index in [-0.39, 0.29) is 24.9 Å². The van der Waals surface area contributed by atoms with Crippen molar-refractivity contribution in [2.75, 3.05) is 12.1 Å². The van der Waals surface area contributed by atoms with Gasteiger partial charge in [-0.25, -0.2) is 4.68 Å². The molecule has 0 saturated heterocycles. The lowest BCUT2D eigenvalue weighted by Crippen LogP contribution is -2.13. The third kappa shape index (κ3) is 3.54. The number of aromatic nitrogens is 3. The maximum Gasteiger partial charge on any atom is 0.277 e. The van der Waals surface area contributed by atoms with Crippen molar-refractivity contribution in [1.82, 2.24) is 15.0 Å². The van der Waals surface area contributed by atoms with Crippen molar-refractivity contribution in [1.29, 1.82) is 0 Å². The first-order valence-corrected chi connectivity index (χ1v) is 9.56. The van der Waals surface area contributed by atoms with Gasteiger partial charge >= 0.3 is 0 Å². The Morgan fingerprint density at radius 1 is 1.14 bits per heavy atom. The summed E-state index contributed by atoms with van der Waals surface area (Å²) in [6.45, 7) is 0.347. The summed E-state index contributed by atoms with van der Waals surface area (Å²) in [7, 11) is 0. The lowest BCUT2D eigenvalue weighted by Gasteiger charge is -2.11. The van der Waals surface area contributed by atoms with Crippen LogP contribution in [0.4, 0.5) is 5.69 Å². The quantitative estimate of drug-likeness (QED) is 0.692. The molecule has 0 fully saturated rings. The molecule has 1 atom stereocenters. The molecule has 8 nitrogen and oxygen atoms in total. The molecule has 2 aromatic carbocycles. The van der Waals surface area contributed by atoms with Gasteiger partial charge in [0.2, 0.25) is 6.79 Å². The van der Waals surface area contributed by atoms with Gasteiger partial charge in [-0.1, -0.05) is 17.3 Å². The van der Waals surface area contributed by atoms with E-state index in [0.29, 0.717) is 17.1 Å². The largest absolute Gasteiger partial charge is 0.454 e. The van der Waals surface area contributed by atoms with Crippen LogP contribution in [0.15, 0.2) is 42.6 Å². The minimum atomic E-state index is -0.821. The maximum absolute atomic E-state index is 12.5. The van der Waals surface area contributed by atoms with Crippen molar-refractivity contribution in [3.05, 3.63) is 65.0 Å². The van der Waals surface area contributed by atoms with Gasteiger partial charge in [0.1, 0.15) is 0 Å². The van der Waals surface area contributed by atoms with Crippen LogP contribution in [0.2, 0.25) is 0 Å². The Hall–Kier alpha value is -3.39. The van der Waals surface area contributed by atoms with Crippen molar-refractivity contribution in [3.8, 4) is 11.5 Å². The van der Waals surface area contributed by atoms with E-state index in [4.69, 9.17) is 9.47 Å². The average molecular weight is 392 g/mol. The van der Waals surface area contributed by atoms with Crippen LogP contribution in [0.25, 0.3) is 0 Å². The molecule has 1 amide bonds. The number of rotatable bonds is 5. The highest BCUT2D eigenvalue weighted by Crippen LogP contribution is 2.34. The molecule has 0 spiro atoms. The Morgan fingerprint density at radius 2 is 2.00 bits per heavy atom. The van der Waals surface area contributed by atoms with E-state index in [9.17, 15) is 9.90 Å². The number of hydrogen-bond donors (Lipinski definition) is 2. The van der Waals surface area contributed by atoms with Crippen LogP contribution in [-0.4, -0.2) is 32.8 Å². The van der Waals surface area contributed by atoms with Gasteiger partial charge in [-0.2, -0.15) is 0 Å². The molecule has 0 saturated carbocycles. The van der Waals surface area contributed by atoms with E-state index in [0.717, 1.165) is 24.9 Å². The zero-order valence-electron chi connectivity index (χ0n) is 15.7. The van der Waals surface area contributed by atoms with E-state index in [2.05, 4.69) is 21.7 Å².